The molecule has 1 aliphatic heterocycles. The van der Waals surface area contributed by atoms with E-state index in [1.54, 1.807) is 12.1 Å². The van der Waals surface area contributed by atoms with E-state index in [4.69, 9.17) is 0 Å². The molecule has 1 aromatic rings. The van der Waals surface area contributed by atoms with Crippen LogP contribution in [-0.2, 0) is 4.74 Å². The van der Waals surface area contributed by atoms with Crippen LogP contribution in [0.1, 0.15) is 41.2 Å². The molecule has 0 bridgehead atoms. The van der Waals surface area contributed by atoms with Crippen molar-refractivity contribution in [2.45, 2.75) is 25.3 Å². The van der Waals surface area contributed by atoms with Gasteiger partial charge in [0, 0.05) is 6.04 Å². The minimum absolute atomic E-state index is 0.0311. The molecule has 0 saturated carbocycles. The highest BCUT2D eigenvalue weighted by molar-refractivity contribution is 5.92. The number of phenolic OH excluding ortho intramolecular Hbond substituents is 1. The zero-order valence-corrected chi connectivity index (χ0v) is 9.90. The molecule has 4 nitrogen and oxygen atoms in total. The number of piperidine rings is 1. The van der Waals surface area contributed by atoms with Crippen LogP contribution in [0.3, 0.4) is 0 Å². The monoisotopic (exact) mass is 235 g/mol. The highest BCUT2D eigenvalue weighted by Crippen LogP contribution is 2.27. The predicted molar refractivity (Wildman–Crippen MR) is 64.0 cm³/mol. The molecule has 0 amide bonds. The van der Waals surface area contributed by atoms with E-state index in [1.165, 1.54) is 20.0 Å². The summed E-state index contributed by atoms with van der Waals surface area (Å²) in [6.45, 7) is 0.999. The molecule has 0 radical (unpaired) electrons. The topological polar surface area (TPSA) is 58.6 Å². The number of ether oxygens (including phenoxy) is 1. The first kappa shape index (κ1) is 11.9. The Hall–Kier alpha value is -1.55. The van der Waals surface area contributed by atoms with Gasteiger partial charge in [-0.2, -0.15) is 0 Å². The average molecular weight is 235 g/mol. The van der Waals surface area contributed by atoms with Crippen molar-refractivity contribution in [3.05, 3.63) is 29.3 Å². The van der Waals surface area contributed by atoms with Gasteiger partial charge in [-0.25, -0.2) is 4.79 Å². The molecule has 0 aromatic heterocycles. The molecule has 1 heterocycles. The second-order valence-electron chi connectivity index (χ2n) is 4.27. The van der Waals surface area contributed by atoms with Gasteiger partial charge in [0.1, 0.15) is 11.3 Å². The predicted octanol–water partition coefficient (Wildman–Crippen LogP) is 1.99. The molecular weight excluding hydrogens is 218 g/mol. The lowest BCUT2D eigenvalue weighted by molar-refractivity contribution is 0.0597. The third-order valence-electron chi connectivity index (χ3n) is 3.14. The van der Waals surface area contributed by atoms with Gasteiger partial charge in [0.25, 0.3) is 0 Å². The molecule has 1 atom stereocenters. The first-order chi connectivity index (χ1) is 8.22. The highest BCUT2D eigenvalue weighted by Gasteiger charge is 2.18. The van der Waals surface area contributed by atoms with Crippen LogP contribution in [-0.4, -0.2) is 24.7 Å². The van der Waals surface area contributed by atoms with Gasteiger partial charge < -0.3 is 15.2 Å². The van der Waals surface area contributed by atoms with Crippen LogP contribution in [0.5, 0.6) is 5.75 Å². The molecule has 17 heavy (non-hydrogen) atoms. The van der Waals surface area contributed by atoms with Crippen LogP contribution < -0.4 is 5.32 Å². The Balaban J connectivity index is 2.26. The van der Waals surface area contributed by atoms with Crippen molar-refractivity contribution in [2.75, 3.05) is 13.7 Å². The van der Waals surface area contributed by atoms with E-state index < -0.39 is 5.97 Å². The van der Waals surface area contributed by atoms with Crippen LogP contribution in [0.4, 0.5) is 0 Å². The van der Waals surface area contributed by atoms with Gasteiger partial charge in [0.2, 0.25) is 0 Å². The van der Waals surface area contributed by atoms with E-state index in [1.807, 2.05) is 6.07 Å². The summed E-state index contributed by atoms with van der Waals surface area (Å²) in [6.07, 6.45) is 3.44. The van der Waals surface area contributed by atoms with Crippen LogP contribution in [0.15, 0.2) is 18.2 Å². The van der Waals surface area contributed by atoms with Crippen LogP contribution in [0.25, 0.3) is 0 Å². The summed E-state index contributed by atoms with van der Waals surface area (Å²) in [5, 5.41) is 13.0. The van der Waals surface area contributed by atoms with Crippen LogP contribution in [0.2, 0.25) is 0 Å². The molecule has 92 valence electrons. The van der Waals surface area contributed by atoms with E-state index in [0.717, 1.165) is 18.5 Å². The Kier molecular flexibility index (Phi) is 3.64. The lowest BCUT2D eigenvalue weighted by atomic mass is 9.96. The quantitative estimate of drug-likeness (QED) is 0.770. The fourth-order valence-corrected chi connectivity index (χ4v) is 2.18. The molecular formula is C13H17NO3. The van der Waals surface area contributed by atoms with Crippen molar-refractivity contribution in [3.63, 3.8) is 0 Å². The van der Waals surface area contributed by atoms with Gasteiger partial charge in [-0.1, -0.05) is 12.5 Å². The molecule has 1 unspecified atom stereocenters. The third-order valence-corrected chi connectivity index (χ3v) is 3.14. The smallest absolute Gasteiger partial charge is 0.341 e. The maximum atomic E-state index is 11.5. The first-order valence-corrected chi connectivity index (χ1v) is 5.87. The Bertz CT molecular complexity index is 411. The molecule has 1 aromatic carbocycles. The Morgan fingerprint density at radius 3 is 2.94 bits per heavy atom. The number of carbonyl (C=O) groups is 1. The van der Waals surface area contributed by atoms with E-state index in [2.05, 4.69) is 10.1 Å². The van der Waals surface area contributed by atoms with Gasteiger partial charge >= 0.3 is 5.97 Å². The van der Waals surface area contributed by atoms with Gasteiger partial charge in [-0.3, -0.25) is 0 Å². The van der Waals surface area contributed by atoms with Crippen molar-refractivity contribution in [1.82, 2.24) is 5.32 Å². The second-order valence-corrected chi connectivity index (χ2v) is 4.27. The van der Waals surface area contributed by atoms with E-state index in [0.29, 0.717) is 0 Å². The van der Waals surface area contributed by atoms with Crippen molar-refractivity contribution >= 4 is 5.97 Å². The molecule has 0 aliphatic carbocycles. The Morgan fingerprint density at radius 1 is 1.47 bits per heavy atom. The number of hydrogen-bond acceptors (Lipinski definition) is 4. The minimum atomic E-state index is -0.500. The van der Waals surface area contributed by atoms with Crippen LogP contribution in [0, 0.1) is 0 Å². The van der Waals surface area contributed by atoms with Crippen molar-refractivity contribution in [3.8, 4) is 5.75 Å². The molecule has 1 aliphatic rings. The number of aromatic hydroxyl groups is 1. The summed E-state index contributed by atoms with van der Waals surface area (Å²) in [4.78, 5) is 11.5. The fraction of sp³-hybridized carbons (Fsp3) is 0.462. The van der Waals surface area contributed by atoms with Crippen molar-refractivity contribution in [1.29, 1.82) is 0 Å². The summed E-state index contributed by atoms with van der Waals surface area (Å²) in [5.74, 6) is -0.531. The van der Waals surface area contributed by atoms with E-state index in [9.17, 15) is 9.90 Å². The number of benzene rings is 1. The van der Waals surface area contributed by atoms with Crippen molar-refractivity contribution in [2.24, 2.45) is 0 Å². The first-order valence-electron chi connectivity index (χ1n) is 5.87. The fourth-order valence-electron chi connectivity index (χ4n) is 2.18. The average Bonchev–Trinajstić information content (AvgIpc) is 2.39. The van der Waals surface area contributed by atoms with E-state index >= 15 is 0 Å². The molecule has 0 spiro atoms. The van der Waals surface area contributed by atoms with Crippen molar-refractivity contribution < 1.29 is 14.6 Å². The molecule has 1 saturated heterocycles. The number of nitrogens with one attached hydrogen (secondary N) is 1. The molecule has 2 rings (SSSR count). The summed E-state index contributed by atoms with van der Waals surface area (Å²) in [5.41, 5.74) is 1.26. The normalized spacial score (nSPS) is 19.9. The van der Waals surface area contributed by atoms with Gasteiger partial charge in [-0.15, -0.1) is 0 Å². The van der Waals surface area contributed by atoms with Gasteiger partial charge in [-0.05, 0) is 37.1 Å². The number of carbonyl (C=O) groups excluding carboxylic acids is 1. The lowest BCUT2D eigenvalue weighted by Crippen LogP contribution is -2.26. The maximum absolute atomic E-state index is 11.5. The molecule has 2 N–H and O–H groups in total. The number of phenols is 1. The number of esters is 1. The zero-order valence-electron chi connectivity index (χ0n) is 9.90. The summed E-state index contributed by atoms with van der Waals surface area (Å²) >= 11 is 0. The highest BCUT2D eigenvalue weighted by atomic mass is 16.5. The summed E-state index contributed by atoms with van der Waals surface area (Å²) in [7, 11) is 1.31. The van der Waals surface area contributed by atoms with Crippen LogP contribution >= 0.6 is 0 Å². The Morgan fingerprint density at radius 2 is 2.29 bits per heavy atom. The lowest BCUT2D eigenvalue weighted by Gasteiger charge is -2.24. The van der Waals surface area contributed by atoms with E-state index in [-0.39, 0.29) is 17.4 Å². The SMILES string of the molecule is COC(=O)c1cc(C2CCCCN2)ccc1O. The summed E-state index contributed by atoms with van der Waals surface area (Å²) in [6, 6.07) is 5.39. The number of methoxy groups -OCH3 is 1. The molecule has 1 fully saturated rings. The maximum Gasteiger partial charge on any atom is 0.341 e. The molecule has 4 heteroatoms. The van der Waals surface area contributed by atoms with Gasteiger partial charge in [0.05, 0.1) is 7.11 Å². The minimum Gasteiger partial charge on any atom is -0.507 e. The summed E-state index contributed by atoms with van der Waals surface area (Å²) < 4.78 is 4.64. The standard InChI is InChI=1S/C13H17NO3/c1-17-13(16)10-8-9(5-6-12(10)15)11-4-2-3-7-14-11/h5-6,8,11,14-15H,2-4,7H2,1H3. The third kappa shape index (κ3) is 2.58. The second kappa shape index (κ2) is 5.19. The van der Waals surface area contributed by atoms with Gasteiger partial charge in [0.15, 0.2) is 0 Å². The number of hydrogen-bond donors (Lipinski definition) is 2. The Labute approximate surface area is 101 Å². The number of rotatable bonds is 2. The largest absolute Gasteiger partial charge is 0.507 e. The zero-order chi connectivity index (χ0) is 12.3.